The predicted octanol–water partition coefficient (Wildman–Crippen LogP) is 1.38. The SMILES string of the molecule is N#Cc1cccc(CCCS(=O)(=O)O)c1. The van der Waals surface area contributed by atoms with Gasteiger partial charge in [-0.2, -0.15) is 13.7 Å². The number of hydrogen-bond donors (Lipinski definition) is 1. The van der Waals surface area contributed by atoms with E-state index in [9.17, 15) is 8.42 Å². The summed E-state index contributed by atoms with van der Waals surface area (Å²) in [6.07, 6.45) is 0.892. The molecule has 80 valence electrons. The number of hydrogen-bond acceptors (Lipinski definition) is 3. The van der Waals surface area contributed by atoms with Crippen molar-refractivity contribution in [2.45, 2.75) is 12.8 Å². The molecule has 5 heteroatoms. The van der Waals surface area contributed by atoms with Gasteiger partial charge >= 0.3 is 0 Å². The van der Waals surface area contributed by atoms with Crippen LogP contribution < -0.4 is 0 Å². The first-order chi connectivity index (χ1) is 7.01. The van der Waals surface area contributed by atoms with Crippen LogP contribution in [0.2, 0.25) is 0 Å². The van der Waals surface area contributed by atoms with Gasteiger partial charge in [-0.25, -0.2) is 0 Å². The summed E-state index contributed by atoms with van der Waals surface area (Å²) in [5.74, 6) is -0.246. The van der Waals surface area contributed by atoms with Crippen LogP contribution in [0.5, 0.6) is 0 Å². The van der Waals surface area contributed by atoms with Gasteiger partial charge in [0.25, 0.3) is 10.1 Å². The lowest BCUT2D eigenvalue weighted by Crippen LogP contribution is -2.04. The molecular formula is C10H11NO3S. The summed E-state index contributed by atoms with van der Waals surface area (Å²) in [6.45, 7) is 0. The van der Waals surface area contributed by atoms with E-state index in [0.29, 0.717) is 18.4 Å². The third-order valence-corrected chi connectivity index (χ3v) is 2.73. The van der Waals surface area contributed by atoms with Gasteiger partial charge in [-0.1, -0.05) is 12.1 Å². The van der Waals surface area contributed by atoms with Crippen LogP contribution in [0.15, 0.2) is 24.3 Å². The van der Waals surface area contributed by atoms with Crippen molar-refractivity contribution in [3.8, 4) is 6.07 Å². The maximum atomic E-state index is 10.4. The van der Waals surface area contributed by atoms with Gasteiger partial charge in [0.2, 0.25) is 0 Å². The highest BCUT2D eigenvalue weighted by Crippen LogP contribution is 2.07. The van der Waals surface area contributed by atoms with Gasteiger partial charge in [0.1, 0.15) is 0 Å². The average Bonchev–Trinajstić information content (AvgIpc) is 2.16. The molecule has 0 saturated carbocycles. The highest BCUT2D eigenvalue weighted by atomic mass is 32.2. The first-order valence-electron chi connectivity index (χ1n) is 4.45. The number of nitrogens with zero attached hydrogens (tertiary/aromatic N) is 1. The van der Waals surface area contributed by atoms with Crippen LogP contribution in [-0.2, 0) is 16.5 Å². The van der Waals surface area contributed by atoms with Crippen LogP contribution >= 0.6 is 0 Å². The van der Waals surface area contributed by atoms with Crippen molar-refractivity contribution in [3.63, 3.8) is 0 Å². The van der Waals surface area contributed by atoms with Gasteiger partial charge in [0.05, 0.1) is 17.4 Å². The zero-order chi connectivity index (χ0) is 11.3. The number of aryl methyl sites for hydroxylation is 1. The van der Waals surface area contributed by atoms with Gasteiger partial charge < -0.3 is 0 Å². The second-order valence-corrected chi connectivity index (χ2v) is 4.77. The Morgan fingerprint density at radius 3 is 2.73 bits per heavy atom. The molecule has 0 aliphatic carbocycles. The lowest BCUT2D eigenvalue weighted by molar-refractivity contribution is 0.481. The summed E-state index contributed by atoms with van der Waals surface area (Å²) in [5.41, 5.74) is 1.46. The van der Waals surface area contributed by atoms with Crippen molar-refractivity contribution in [1.29, 1.82) is 5.26 Å². The van der Waals surface area contributed by atoms with Crippen LogP contribution in [0, 0.1) is 11.3 Å². The van der Waals surface area contributed by atoms with E-state index >= 15 is 0 Å². The maximum absolute atomic E-state index is 10.4. The van der Waals surface area contributed by atoms with E-state index < -0.39 is 10.1 Å². The van der Waals surface area contributed by atoms with Crippen LogP contribution in [0.1, 0.15) is 17.5 Å². The summed E-state index contributed by atoms with van der Waals surface area (Å²) in [5, 5.41) is 8.63. The standard InChI is InChI=1S/C10H11NO3S/c11-8-10-4-1-3-9(7-10)5-2-6-15(12,13)14/h1,3-4,7H,2,5-6H2,(H,12,13,14). The largest absolute Gasteiger partial charge is 0.286 e. The third-order valence-electron chi connectivity index (χ3n) is 1.92. The van der Waals surface area contributed by atoms with Gasteiger partial charge in [0, 0.05) is 0 Å². The highest BCUT2D eigenvalue weighted by molar-refractivity contribution is 7.85. The minimum absolute atomic E-state index is 0.246. The molecule has 4 nitrogen and oxygen atoms in total. The molecule has 0 fully saturated rings. The second-order valence-electron chi connectivity index (χ2n) is 3.20. The topological polar surface area (TPSA) is 78.2 Å². The number of rotatable bonds is 4. The van der Waals surface area contributed by atoms with Crippen molar-refractivity contribution < 1.29 is 13.0 Å². The van der Waals surface area contributed by atoms with Gasteiger partial charge in [-0.05, 0) is 30.5 Å². The Kier molecular flexibility index (Phi) is 3.83. The van der Waals surface area contributed by atoms with Crippen molar-refractivity contribution in [3.05, 3.63) is 35.4 Å². The van der Waals surface area contributed by atoms with E-state index in [2.05, 4.69) is 0 Å². The molecular weight excluding hydrogens is 214 g/mol. The molecule has 0 radical (unpaired) electrons. The quantitative estimate of drug-likeness (QED) is 0.785. The van der Waals surface area contributed by atoms with E-state index in [1.165, 1.54) is 0 Å². The molecule has 15 heavy (non-hydrogen) atoms. The van der Waals surface area contributed by atoms with Crippen LogP contribution in [0.4, 0.5) is 0 Å². The summed E-state index contributed by atoms with van der Waals surface area (Å²) in [4.78, 5) is 0. The van der Waals surface area contributed by atoms with E-state index in [4.69, 9.17) is 9.81 Å². The average molecular weight is 225 g/mol. The van der Waals surface area contributed by atoms with E-state index in [0.717, 1.165) is 5.56 Å². The lowest BCUT2D eigenvalue weighted by atomic mass is 10.1. The minimum Gasteiger partial charge on any atom is -0.286 e. The monoisotopic (exact) mass is 225 g/mol. The molecule has 1 N–H and O–H groups in total. The minimum atomic E-state index is -3.87. The second kappa shape index (κ2) is 4.91. The van der Waals surface area contributed by atoms with Crippen LogP contribution in [0.25, 0.3) is 0 Å². The molecule has 0 aliphatic heterocycles. The van der Waals surface area contributed by atoms with E-state index in [1.54, 1.807) is 18.2 Å². The molecule has 1 rings (SSSR count). The molecule has 0 aliphatic rings. The molecule has 0 bridgehead atoms. The highest BCUT2D eigenvalue weighted by Gasteiger charge is 2.04. The smallest absolute Gasteiger partial charge is 0.264 e. The first-order valence-corrected chi connectivity index (χ1v) is 6.06. The summed E-state index contributed by atoms with van der Waals surface area (Å²) in [7, 11) is -3.87. The Labute approximate surface area is 88.9 Å². The Morgan fingerprint density at radius 1 is 1.40 bits per heavy atom. The summed E-state index contributed by atoms with van der Waals surface area (Å²) in [6, 6.07) is 8.98. The Morgan fingerprint density at radius 2 is 2.13 bits per heavy atom. The van der Waals surface area contributed by atoms with Crippen LogP contribution in [-0.4, -0.2) is 18.7 Å². The fourth-order valence-corrected chi connectivity index (χ4v) is 1.76. The molecule has 0 heterocycles. The third kappa shape index (κ3) is 4.58. The molecule has 0 unspecified atom stereocenters. The molecule has 0 saturated heterocycles. The molecule has 1 aromatic carbocycles. The lowest BCUT2D eigenvalue weighted by Gasteiger charge is -2.00. The Hall–Kier alpha value is -1.38. The van der Waals surface area contributed by atoms with Crippen molar-refractivity contribution in [2.75, 3.05) is 5.75 Å². The van der Waals surface area contributed by atoms with Gasteiger partial charge in [-0.3, -0.25) is 4.55 Å². The van der Waals surface area contributed by atoms with E-state index in [-0.39, 0.29) is 5.75 Å². The zero-order valence-corrected chi connectivity index (χ0v) is 8.87. The molecule has 0 aromatic heterocycles. The number of benzene rings is 1. The van der Waals surface area contributed by atoms with Crippen molar-refractivity contribution in [2.24, 2.45) is 0 Å². The number of nitriles is 1. The van der Waals surface area contributed by atoms with Gasteiger partial charge in [-0.15, -0.1) is 0 Å². The molecule has 0 amide bonds. The Balaban J connectivity index is 2.55. The summed E-state index contributed by atoms with van der Waals surface area (Å²) >= 11 is 0. The molecule has 0 atom stereocenters. The molecule has 0 spiro atoms. The zero-order valence-electron chi connectivity index (χ0n) is 8.05. The predicted molar refractivity (Wildman–Crippen MR) is 55.9 cm³/mol. The van der Waals surface area contributed by atoms with E-state index in [1.807, 2.05) is 12.1 Å². The first kappa shape index (κ1) is 11.7. The van der Waals surface area contributed by atoms with Crippen LogP contribution in [0.3, 0.4) is 0 Å². The maximum Gasteiger partial charge on any atom is 0.264 e. The fraction of sp³-hybridized carbons (Fsp3) is 0.300. The van der Waals surface area contributed by atoms with Crippen molar-refractivity contribution >= 4 is 10.1 Å². The molecule has 1 aromatic rings. The normalized spacial score (nSPS) is 10.9. The Bertz CT molecular complexity index is 474. The fourth-order valence-electron chi connectivity index (χ4n) is 1.26. The summed E-state index contributed by atoms with van der Waals surface area (Å²) < 4.78 is 29.4. The van der Waals surface area contributed by atoms with Gasteiger partial charge in [0.15, 0.2) is 0 Å². The van der Waals surface area contributed by atoms with Crippen molar-refractivity contribution in [1.82, 2.24) is 0 Å².